The number of ether oxygens (including phenoxy) is 1. The van der Waals surface area contributed by atoms with Crippen LogP contribution in [0.3, 0.4) is 0 Å². The zero-order valence-corrected chi connectivity index (χ0v) is 26.8. The van der Waals surface area contributed by atoms with Crippen molar-refractivity contribution in [3.63, 3.8) is 0 Å². The molecule has 3 atom stereocenters. The highest BCUT2D eigenvalue weighted by atomic mass is 35.5. The van der Waals surface area contributed by atoms with E-state index in [1.54, 1.807) is 26.0 Å². The number of likely N-dealkylation sites (N-methyl/N-ethyl adjacent to an activating group) is 1. The van der Waals surface area contributed by atoms with E-state index < -0.39 is 23.5 Å². The van der Waals surface area contributed by atoms with Gasteiger partial charge in [0.05, 0.1) is 24.7 Å². The van der Waals surface area contributed by atoms with Gasteiger partial charge in [-0.3, -0.25) is 14.4 Å². The van der Waals surface area contributed by atoms with Crippen LogP contribution in [0.2, 0.25) is 0 Å². The summed E-state index contributed by atoms with van der Waals surface area (Å²) < 4.78 is 5.66. The lowest BCUT2D eigenvalue weighted by Crippen LogP contribution is -2.58. The molecule has 11 heteroatoms. The quantitative estimate of drug-likeness (QED) is 0.309. The minimum atomic E-state index is -0.767. The van der Waals surface area contributed by atoms with E-state index in [-0.39, 0.29) is 36.4 Å². The summed E-state index contributed by atoms with van der Waals surface area (Å²) in [5, 5.41) is 9.99. The van der Waals surface area contributed by atoms with Crippen LogP contribution >= 0.6 is 12.4 Å². The maximum atomic E-state index is 13.8. The maximum absolute atomic E-state index is 13.8. The fraction of sp³-hybridized carbons (Fsp3) is 0.469. The van der Waals surface area contributed by atoms with Crippen LogP contribution in [0, 0.1) is 12.3 Å². The van der Waals surface area contributed by atoms with Crippen molar-refractivity contribution >= 4 is 52.4 Å². The van der Waals surface area contributed by atoms with Crippen LogP contribution in [-0.2, 0) is 20.8 Å². The summed E-state index contributed by atoms with van der Waals surface area (Å²) in [5.74, 6) is 0.604. The SMILES string of the molecule is CN[C@@H](C)C(=O)N[C@H](C(=O)N1CCC[C@H]1C(=O)Cc1cc2c(Nc3ccccc3C)ncnc2cc1OC)C(C)(C)C.Cl. The fourth-order valence-corrected chi connectivity index (χ4v) is 5.28. The van der Waals surface area contributed by atoms with Crippen molar-refractivity contribution in [1.82, 2.24) is 25.5 Å². The van der Waals surface area contributed by atoms with Crippen molar-refractivity contribution in [1.29, 1.82) is 0 Å². The number of amides is 2. The first-order valence-corrected chi connectivity index (χ1v) is 14.4. The molecule has 43 heavy (non-hydrogen) atoms. The number of ketones is 1. The summed E-state index contributed by atoms with van der Waals surface area (Å²) in [7, 11) is 3.26. The summed E-state index contributed by atoms with van der Waals surface area (Å²) in [5.41, 5.74) is 2.84. The third kappa shape index (κ3) is 7.61. The lowest BCUT2D eigenvalue weighted by Gasteiger charge is -2.36. The molecule has 1 aromatic heterocycles. The molecule has 4 rings (SSSR count). The molecule has 0 spiro atoms. The zero-order chi connectivity index (χ0) is 30.6. The van der Waals surface area contributed by atoms with Crippen molar-refractivity contribution in [2.45, 2.75) is 72.0 Å². The fourth-order valence-electron chi connectivity index (χ4n) is 5.28. The Morgan fingerprint density at radius 3 is 2.51 bits per heavy atom. The minimum Gasteiger partial charge on any atom is -0.496 e. The van der Waals surface area contributed by atoms with Gasteiger partial charge in [0.2, 0.25) is 11.8 Å². The first-order chi connectivity index (χ1) is 19.9. The normalized spacial score (nSPS) is 16.3. The van der Waals surface area contributed by atoms with Crippen LogP contribution < -0.4 is 20.7 Å². The molecule has 2 amide bonds. The second-order valence-corrected chi connectivity index (χ2v) is 12.0. The average molecular weight is 611 g/mol. The molecule has 3 aromatic rings. The van der Waals surface area contributed by atoms with E-state index in [0.29, 0.717) is 42.0 Å². The van der Waals surface area contributed by atoms with Gasteiger partial charge < -0.3 is 25.6 Å². The number of aryl methyl sites for hydroxylation is 1. The number of hydrogen-bond donors (Lipinski definition) is 3. The molecule has 0 saturated carbocycles. The van der Waals surface area contributed by atoms with Crippen molar-refractivity contribution in [2.24, 2.45) is 5.41 Å². The molecule has 2 heterocycles. The third-order valence-corrected chi connectivity index (χ3v) is 7.93. The van der Waals surface area contributed by atoms with Gasteiger partial charge in [0.1, 0.15) is 23.9 Å². The Labute approximate surface area is 259 Å². The topological polar surface area (TPSA) is 126 Å². The number of anilines is 2. The number of rotatable bonds is 10. The van der Waals surface area contributed by atoms with Crippen LogP contribution in [0.15, 0.2) is 42.7 Å². The predicted molar refractivity (Wildman–Crippen MR) is 171 cm³/mol. The number of Topliss-reactive ketones (excluding diaryl/α,β-unsaturated/α-hetero) is 1. The molecule has 0 radical (unpaired) electrons. The summed E-state index contributed by atoms with van der Waals surface area (Å²) >= 11 is 0. The number of nitrogens with zero attached hydrogens (tertiary/aromatic N) is 3. The van der Waals surface area contributed by atoms with Crippen LogP contribution in [0.5, 0.6) is 5.75 Å². The first kappa shape index (κ1) is 33.7. The number of fused-ring (bicyclic) bond motifs is 1. The molecular formula is C32H43ClN6O4. The van der Waals surface area contributed by atoms with Crippen molar-refractivity contribution in [3.8, 4) is 5.75 Å². The van der Waals surface area contributed by atoms with Gasteiger partial charge in [-0.1, -0.05) is 39.0 Å². The van der Waals surface area contributed by atoms with Gasteiger partial charge in [0.15, 0.2) is 5.78 Å². The summed E-state index contributed by atoms with van der Waals surface area (Å²) in [6.07, 6.45) is 2.86. The molecule has 232 valence electrons. The Bertz CT molecular complexity index is 1470. The highest BCUT2D eigenvalue weighted by Gasteiger charge is 2.42. The molecule has 0 unspecified atom stereocenters. The lowest BCUT2D eigenvalue weighted by molar-refractivity contribution is -0.143. The van der Waals surface area contributed by atoms with Crippen LogP contribution in [0.4, 0.5) is 11.5 Å². The van der Waals surface area contributed by atoms with Gasteiger partial charge in [-0.25, -0.2) is 9.97 Å². The number of aromatic nitrogens is 2. The molecule has 1 aliphatic rings. The van der Waals surface area contributed by atoms with Gasteiger partial charge in [0.25, 0.3) is 0 Å². The monoisotopic (exact) mass is 610 g/mol. The molecular weight excluding hydrogens is 568 g/mol. The number of likely N-dealkylation sites (tertiary alicyclic amines) is 1. The first-order valence-electron chi connectivity index (χ1n) is 14.4. The van der Waals surface area contributed by atoms with Crippen molar-refractivity contribution in [2.75, 3.05) is 26.0 Å². The number of methoxy groups -OCH3 is 1. The molecule has 0 bridgehead atoms. The standard InChI is InChI=1S/C32H42N6O4.ClH/c1-19-11-8-9-12-23(19)36-29-22-15-21(27(42-7)17-24(22)34-18-35-29)16-26(39)25-13-10-14-38(25)31(41)28(32(3,4)5)37-30(40)20(2)33-6;/h8-9,11-12,15,17-18,20,25,28,33H,10,13-14,16H2,1-7H3,(H,37,40)(H,34,35,36);1H/t20-,25-,28+;/m0./s1. The molecule has 1 aliphatic heterocycles. The molecule has 1 fully saturated rings. The van der Waals surface area contributed by atoms with Crippen LogP contribution in [-0.4, -0.2) is 71.3 Å². The van der Waals surface area contributed by atoms with Gasteiger partial charge in [-0.15, -0.1) is 12.4 Å². The summed E-state index contributed by atoms with van der Waals surface area (Å²) in [6, 6.07) is 9.84. The second kappa shape index (κ2) is 14.1. The summed E-state index contributed by atoms with van der Waals surface area (Å²) in [4.78, 5) is 50.9. The summed E-state index contributed by atoms with van der Waals surface area (Å²) in [6.45, 7) is 9.97. The Kier molecular flexibility index (Phi) is 11.1. The number of carbonyl (C=O) groups is 3. The van der Waals surface area contributed by atoms with E-state index in [1.165, 1.54) is 6.33 Å². The number of hydrogen-bond acceptors (Lipinski definition) is 8. The predicted octanol–water partition coefficient (Wildman–Crippen LogP) is 4.35. The number of nitrogens with one attached hydrogen (secondary N) is 3. The van der Waals surface area contributed by atoms with Crippen LogP contribution in [0.25, 0.3) is 10.9 Å². The molecule has 0 aliphatic carbocycles. The van der Waals surface area contributed by atoms with E-state index in [4.69, 9.17) is 4.74 Å². The van der Waals surface area contributed by atoms with E-state index in [9.17, 15) is 14.4 Å². The maximum Gasteiger partial charge on any atom is 0.246 e. The second-order valence-electron chi connectivity index (χ2n) is 12.0. The van der Waals surface area contributed by atoms with E-state index in [1.807, 2.05) is 64.1 Å². The lowest BCUT2D eigenvalue weighted by atomic mass is 9.85. The smallest absolute Gasteiger partial charge is 0.246 e. The Morgan fingerprint density at radius 1 is 1.14 bits per heavy atom. The van der Waals surface area contributed by atoms with Crippen LogP contribution in [0.1, 0.15) is 51.7 Å². The molecule has 10 nitrogen and oxygen atoms in total. The number of para-hydroxylation sites is 1. The molecule has 1 saturated heterocycles. The van der Waals surface area contributed by atoms with Gasteiger partial charge in [0, 0.05) is 35.7 Å². The van der Waals surface area contributed by atoms with E-state index >= 15 is 0 Å². The van der Waals surface area contributed by atoms with Gasteiger partial charge >= 0.3 is 0 Å². The van der Waals surface area contributed by atoms with E-state index in [0.717, 1.165) is 16.6 Å². The van der Waals surface area contributed by atoms with Crippen molar-refractivity contribution < 1.29 is 19.1 Å². The Hall–Kier alpha value is -3.76. The zero-order valence-electron chi connectivity index (χ0n) is 26.0. The van der Waals surface area contributed by atoms with E-state index in [2.05, 4.69) is 25.9 Å². The minimum absolute atomic E-state index is 0. The highest BCUT2D eigenvalue weighted by Crippen LogP contribution is 2.32. The average Bonchev–Trinajstić information content (AvgIpc) is 3.46. The molecule has 3 N–H and O–H groups in total. The van der Waals surface area contributed by atoms with Gasteiger partial charge in [-0.2, -0.15) is 0 Å². The number of benzene rings is 2. The highest BCUT2D eigenvalue weighted by molar-refractivity contribution is 5.97. The Balaban J connectivity index is 0.00000506. The molecule has 2 aromatic carbocycles. The van der Waals surface area contributed by atoms with Gasteiger partial charge in [-0.05, 0) is 56.8 Å². The largest absolute Gasteiger partial charge is 0.496 e. The Morgan fingerprint density at radius 2 is 1.86 bits per heavy atom. The van der Waals surface area contributed by atoms with Crippen molar-refractivity contribution in [3.05, 3.63) is 53.9 Å². The number of carbonyl (C=O) groups excluding carboxylic acids is 3. The number of halogens is 1. The third-order valence-electron chi connectivity index (χ3n) is 7.93.